The molecule has 7 heteroatoms. The predicted molar refractivity (Wildman–Crippen MR) is 37.8 cm³/mol. The molecule has 0 aromatic carbocycles. The minimum Gasteiger partial charge on any atom is -0.352 e. The van der Waals surface area contributed by atoms with E-state index in [-0.39, 0.29) is 0 Å². The third-order valence-electron chi connectivity index (χ3n) is 1.42. The second-order valence-corrected chi connectivity index (χ2v) is 2.52. The Morgan fingerprint density at radius 2 is 2.17 bits per heavy atom. The lowest BCUT2D eigenvalue weighted by Gasteiger charge is -2.20. The summed E-state index contributed by atoms with van der Waals surface area (Å²) in [6.07, 6.45) is 0. The monoisotopic (exact) mass is 172 g/mol. The molecule has 1 saturated heterocycles. The van der Waals surface area contributed by atoms with Gasteiger partial charge in [0.1, 0.15) is 0 Å². The molecule has 5 amide bonds. The molecule has 0 radical (unpaired) electrons. The second-order valence-electron chi connectivity index (χ2n) is 2.52. The highest BCUT2D eigenvalue weighted by Gasteiger charge is 2.42. The third-order valence-corrected chi connectivity index (χ3v) is 1.42. The van der Waals surface area contributed by atoms with Crippen LogP contribution in [-0.2, 0) is 4.79 Å². The first-order valence-electron chi connectivity index (χ1n) is 3.15. The summed E-state index contributed by atoms with van der Waals surface area (Å²) in [5.74, 6) is -0.633. The molecule has 1 unspecified atom stereocenters. The molecular formula is C5H8N4O3. The van der Waals surface area contributed by atoms with Crippen LogP contribution in [0.15, 0.2) is 0 Å². The topological polar surface area (TPSA) is 113 Å². The van der Waals surface area contributed by atoms with Crippen molar-refractivity contribution in [2.24, 2.45) is 5.73 Å². The highest BCUT2D eigenvalue weighted by Crippen LogP contribution is 2.03. The van der Waals surface area contributed by atoms with E-state index in [1.54, 1.807) is 0 Å². The fourth-order valence-electron chi connectivity index (χ4n) is 0.878. The number of carbonyl (C=O) groups is 3. The molecule has 1 fully saturated rings. The molecule has 12 heavy (non-hydrogen) atoms. The lowest BCUT2D eigenvalue weighted by atomic mass is 10.2. The molecule has 1 rings (SSSR count). The summed E-state index contributed by atoms with van der Waals surface area (Å²) < 4.78 is 0. The van der Waals surface area contributed by atoms with E-state index in [2.05, 4.69) is 10.6 Å². The van der Waals surface area contributed by atoms with Crippen LogP contribution in [-0.4, -0.2) is 23.6 Å². The number of carbonyl (C=O) groups excluding carboxylic acids is 3. The molecule has 0 bridgehead atoms. The zero-order chi connectivity index (χ0) is 9.35. The van der Waals surface area contributed by atoms with Crippen molar-refractivity contribution in [2.75, 3.05) is 0 Å². The summed E-state index contributed by atoms with van der Waals surface area (Å²) in [6, 6.07) is -1.54. The molecule has 1 heterocycles. The van der Waals surface area contributed by atoms with Crippen molar-refractivity contribution in [3.63, 3.8) is 0 Å². The van der Waals surface area contributed by atoms with E-state index >= 15 is 0 Å². The molecule has 0 aromatic rings. The summed E-state index contributed by atoms with van der Waals surface area (Å²) in [5.41, 5.74) is 3.36. The first kappa shape index (κ1) is 8.31. The maximum Gasteiger partial charge on any atom is 0.323 e. The molecule has 7 nitrogen and oxygen atoms in total. The average molecular weight is 172 g/mol. The Balaban J connectivity index is 2.77. The zero-order valence-corrected chi connectivity index (χ0v) is 6.30. The van der Waals surface area contributed by atoms with Crippen molar-refractivity contribution >= 4 is 18.0 Å². The van der Waals surface area contributed by atoms with Gasteiger partial charge in [-0.1, -0.05) is 0 Å². The number of primary amides is 1. The highest BCUT2D eigenvalue weighted by molar-refractivity contribution is 6.07. The maximum absolute atomic E-state index is 11.0. The SMILES string of the molecule is CC1(NC(N)=O)NC(=O)NC1=O. The highest BCUT2D eigenvalue weighted by atomic mass is 16.2. The smallest absolute Gasteiger partial charge is 0.323 e. The van der Waals surface area contributed by atoms with E-state index in [0.717, 1.165) is 0 Å². The van der Waals surface area contributed by atoms with Gasteiger partial charge in [-0.25, -0.2) is 9.59 Å². The zero-order valence-electron chi connectivity index (χ0n) is 6.30. The molecule has 1 aliphatic rings. The minimum atomic E-state index is -1.43. The van der Waals surface area contributed by atoms with Crippen LogP contribution in [0.2, 0.25) is 0 Å². The number of rotatable bonds is 1. The van der Waals surface area contributed by atoms with Gasteiger partial charge in [-0.05, 0) is 6.92 Å². The van der Waals surface area contributed by atoms with E-state index in [0.29, 0.717) is 0 Å². The molecule has 5 N–H and O–H groups in total. The van der Waals surface area contributed by atoms with Gasteiger partial charge < -0.3 is 16.4 Å². The van der Waals surface area contributed by atoms with Crippen LogP contribution in [0, 0.1) is 0 Å². The van der Waals surface area contributed by atoms with Crippen LogP contribution >= 0.6 is 0 Å². The van der Waals surface area contributed by atoms with Gasteiger partial charge in [0.05, 0.1) is 0 Å². The van der Waals surface area contributed by atoms with E-state index < -0.39 is 23.6 Å². The summed E-state index contributed by atoms with van der Waals surface area (Å²) in [5, 5.41) is 6.25. The summed E-state index contributed by atoms with van der Waals surface area (Å²) in [7, 11) is 0. The Kier molecular flexibility index (Phi) is 1.64. The van der Waals surface area contributed by atoms with Crippen LogP contribution in [0.3, 0.4) is 0 Å². The van der Waals surface area contributed by atoms with Gasteiger partial charge in [-0.2, -0.15) is 0 Å². The molecule has 66 valence electrons. The Morgan fingerprint density at radius 3 is 2.50 bits per heavy atom. The Bertz CT molecular complexity index is 263. The van der Waals surface area contributed by atoms with Gasteiger partial charge in [0.2, 0.25) is 0 Å². The van der Waals surface area contributed by atoms with Crippen LogP contribution in [0.25, 0.3) is 0 Å². The number of urea groups is 2. The van der Waals surface area contributed by atoms with E-state index in [4.69, 9.17) is 5.73 Å². The van der Waals surface area contributed by atoms with Crippen molar-refractivity contribution < 1.29 is 14.4 Å². The van der Waals surface area contributed by atoms with Crippen LogP contribution in [0.1, 0.15) is 6.92 Å². The lowest BCUT2D eigenvalue weighted by molar-refractivity contribution is -0.124. The van der Waals surface area contributed by atoms with Gasteiger partial charge in [0, 0.05) is 0 Å². The number of nitrogens with one attached hydrogen (secondary N) is 3. The summed E-state index contributed by atoms with van der Waals surface area (Å²) in [4.78, 5) is 32.0. The summed E-state index contributed by atoms with van der Waals surface area (Å²) >= 11 is 0. The van der Waals surface area contributed by atoms with Crippen molar-refractivity contribution in [3.05, 3.63) is 0 Å². The average Bonchev–Trinajstić information content (AvgIpc) is 2.04. The molecular weight excluding hydrogens is 164 g/mol. The van der Waals surface area contributed by atoms with E-state index in [1.807, 2.05) is 5.32 Å². The van der Waals surface area contributed by atoms with Gasteiger partial charge >= 0.3 is 12.1 Å². The molecule has 0 saturated carbocycles. The van der Waals surface area contributed by atoms with Gasteiger partial charge in [-0.15, -0.1) is 0 Å². The first-order valence-corrected chi connectivity index (χ1v) is 3.15. The van der Waals surface area contributed by atoms with Crippen LogP contribution in [0.4, 0.5) is 9.59 Å². The van der Waals surface area contributed by atoms with E-state index in [1.165, 1.54) is 6.92 Å². The third kappa shape index (κ3) is 1.29. The number of hydrogen-bond donors (Lipinski definition) is 4. The van der Waals surface area contributed by atoms with Gasteiger partial charge in [-0.3, -0.25) is 10.1 Å². The van der Waals surface area contributed by atoms with Gasteiger partial charge in [0.25, 0.3) is 5.91 Å². The number of nitrogens with two attached hydrogens (primary N) is 1. The Morgan fingerprint density at radius 1 is 1.58 bits per heavy atom. The van der Waals surface area contributed by atoms with Crippen molar-refractivity contribution in [1.82, 2.24) is 16.0 Å². The normalized spacial score (nSPS) is 27.8. The largest absolute Gasteiger partial charge is 0.352 e. The van der Waals surface area contributed by atoms with Crippen LogP contribution in [0.5, 0.6) is 0 Å². The lowest BCUT2D eigenvalue weighted by Crippen LogP contribution is -2.59. The Labute approximate surface area is 67.7 Å². The molecule has 0 spiro atoms. The molecule has 0 aliphatic carbocycles. The second kappa shape index (κ2) is 2.36. The molecule has 0 aromatic heterocycles. The molecule has 1 aliphatic heterocycles. The molecule has 1 atom stereocenters. The minimum absolute atomic E-state index is 0.633. The fourth-order valence-corrected chi connectivity index (χ4v) is 0.878. The quantitative estimate of drug-likeness (QED) is 0.350. The number of hydrogen-bond acceptors (Lipinski definition) is 3. The van der Waals surface area contributed by atoms with Crippen molar-refractivity contribution in [2.45, 2.75) is 12.6 Å². The number of amides is 5. The van der Waals surface area contributed by atoms with Crippen molar-refractivity contribution in [3.8, 4) is 0 Å². The fraction of sp³-hybridized carbons (Fsp3) is 0.400. The van der Waals surface area contributed by atoms with Crippen molar-refractivity contribution in [1.29, 1.82) is 0 Å². The predicted octanol–water partition coefficient (Wildman–Crippen LogP) is -1.79. The standard InChI is InChI=1S/C5H8N4O3/c1-5(8-3(6)11)2(10)7-4(12)9-5/h1H3,(H3,6,8,11)(H2,7,9,10,12). The maximum atomic E-state index is 11.0. The number of imide groups is 1. The van der Waals surface area contributed by atoms with E-state index in [9.17, 15) is 14.4 Å². The summed E-state index contributed by atoms with van der Waals surface area (Å²) in [6.45, 7) is 1.33. The van der Waals surface area contributed by atoms with Gasteiger partial charge in [0.15, 0.2) is 5.66 Å². The Hall–Kier alpha value is -1.79. The first-order chi connectivity index (χ1) is 5.44. The van der Waals surface area contributed by atoms with Crippen LogP contribution < -0.4 is 21.7 Å².